The van der Waals surface area contributed by atoms with Gasteiger partial charge in [0.1, 0.15) is 0 Å². The summed E-state index contributed by atoms with van der Waals surface area (Å²) in [4.78, 5) is 17.1. The Hall–Kier alpha value is -1.79. The second-order valence-corrected chi connectivity index (χ2v) is 5.73. The van der Waals surface area contributed by atoms with Crippen LogP contribution in [-0.4, -0.2) is 76.7 Å². The third-order valence-corrected chi connectivity index (χ3v) is 4.24. The van der Waals surface area contributed by atoms with Crippen LogP contribution in [0.15, 0.2) is 12.1 Å². The quantitative estimate of drug-likeness (QED) is 0.710. The van der Waals surface area contributed by atoms with Crippen molar-refractivity contribution in [2.45, 2.75) is 6.42 Å². The van der Waals surface area contributed by atoms with Gasteiger partial charge in [-0.05, 0) is 19.2 Å². The second kappa shape index (κ2) is 8.17. The van der Waals surface area contributed by atoms with Crippen LogP contribution in [0, 0.1) is 0 Å². The standard InChI is InChI=1S/C17H26N2O4/c1-18-7-9-19(10-8-18)6-5-14(20)13-11-15(21-2)17(23-4)16(12-13)22-3/h11-12H,5-10H2,1-4H3. The van der Waals surface area contributed by atoms with Crippen LogP contribution in [0.4, 0.5) is 0 Å². The Bertz CT molecular complexity index is 514. The summed E-state index contributed by atoms with van der Waals surface area (Å²) in [6.07, 6.45) is 0.488. The Balaban J connectivity index is 2.04. The molecular formula is C17H26N2O4. The van der Waals surface area contributed by atoms with Gasteiger partial charge in [-0.25, -0.2) is 0 Å². The Labute approximate surface area is 137 Å². The molecule has 1 aliphatic rings. The first-order chi connectivity index (χ1) is 11.1. The average molecular weight is 322 g/mol. The number of ketones is 1. The fourth-order valence-electron chi connectivity index (χ4n) is 2.72. The molecule has 0 atom stereocenters. The van der Waals surface area contributed by atoms with E-state index in [9.17, 15) is 4.79 Å². The summed E-state index contributed by atoms with van der Waals surface area (Å²) in [6, 6.07) is 3.43. The fraction of sp³-hybridized carbons (Fsp3) is 0.588. The van der Waals surface area contributed by atoms with Crippen LogP contribution in [-0.2, 0) is 0 Å². The lowest BCUT2D eigenvalue weighted by atomic mass is 10.1. The first-order valence-corrected chi connectivity index (χ1v) is 7.83. The molecule has 0 radical (unpaired) electrons. The summed E-state index contributed by atoms with van der Waals surface area (Å²) in [5, 5.41) is 0. The predicted molar refractivity (Wildman–Crippen MR) is 89.0 cm³/mol. The fourth-order valence-corrected chi connectivity index (χ4v) is 2.72. The molecule has 0 bridgehead atoms. The molecule has 0 N–H and O–H groups in total. The monoisotopic (exact) mass is 322 g/mol. The zero-order valence-corrected chi connectivity index (χ0v) is 14.4. The molecule has 1 aliphatic heterocycles. The molecule has 0 spiro atoms. The minimum absolute atomic E-state index is 0.0863. The molecule has 1 heterocycles. The maximum Gasteiger partial charge on any atom is 0.203 e. The van der Waals surface area contributed by atoms with E-state index in [0.29, 0.717) is 29.2 Å². The third kappa shape index (κ3) is 4.36. The highest BCUT2D eigenvalue weighted by Crippen LogP contribution is 2.38. The molecule has 1 fully saturated rings. The summed E-state index contributed by atoms with van der Waals surface area (Å²) in [5.41, 5.74) is 0.591. The maximum absolute atomic E-state index is 12.5. The number of methoxy groups -OCH3 is 3. The Morgan fingerprint density at radius 2 is 1.57 bits per heavy atom. The molecule has 1 aromatic carbocycles. The molecule has 0 saturated carbocycles. The maximum atomic E-state index is 12.5. The highest BCUT2D eigenvalue weighted by atomic mass is 16.5. The van der Waals surface area contributed by atoms with Crippen molar-refractivity contribution in [2.24, 2.45) is 0 Å². The van der Waals surface area contributed by atoms with Crippen molar-refractivity contribution in [3.63, 3.8) is 0 Å². The number of rotatable bonds is 7. The average Bonchev–Trinajstić information content (AvgIpc) is 2.59. The number of nitrogens with zero attached hydrogens (tertiary/aromatic N) is 2. The van der Waals surface area contributed by atoms with E-state index in [4.69, 9.17) is 14.2 Å². The molecule has 2 rings (SSSR count). The van der Waals surface area contributed by atoms with Gasteiger partial charge in [0.05, 0.1) is 21.3 Å². The van der Waals surface area contributed by atoms with Crippen LogP contribution in [0.2, 0.25) is 0 Å². The van der Waals surface area contributed by atoms with Gasteiger partial charge in [0.2, 0.25) is 5.75 Å². The van der Waals surface area contributed by atoms with Crippen molar-refractivity contribution >= 4 is 5.78 Å². The summed E-state index contributed by atoms with van der Waals surface area (Å²) in [6.45, 7) is 4.91. The van der Waals surface area contributed by atoms with E-state index in [0.717, 1.165) is 32.7 Å². The van der Waals surface area contributed by atoms with Crippen molar-refractivity contribution in [1.29, 1.82) is 0 Å². The van der Waals surface area contributed by atoms with Gasteiger partial charge in [0, 0.05) is 44.7 Å². The Morgan fingerprint density at radius 3 is 2.04 bits per heavy atom. The Morgan fingerprint density at radius 1 is 1.00 bits per heavy atom. The van der Waals surface area contributed by atoms with E-state index in [2.05, 4.69) is 16.8 Å². The number of carbonyl (C=O) groups is 1. The summed E-state index contributed by atoms with van der Waals surface area (Å²) in [7, 11) is 6.78. The summed E-state index contributed by atoms with van der Waals surface area (Å²) < 4.78 is 15.9. The van der Waals surface area contributed by atoms with E-state index in [-0.39, 0.29) is 5.78 Å². The molecule has 1 aromatic rings. The minimum atomic E-state index is 0.0863. The lowest BCUT2D eigenvalue weighted by Crippen LogP contribution is -2.45. The number of ether oxygens (including phenoxy) is 3. The molecule has 6 nitrogen and oxygen atoms in total. The summed E-state index contributed by atoms with van der Waals surface area (Å²) in [5.74, 6) is 1.61. The molecular weight excluding hydrogens is 296 g/mol. The van der Waals surface area contributed by atoms with Gasteiger partial charge in [0.25, 0.3) is 0 Å². The second-order valence-electron chi connectivity index (χ2n) is 5.73. The van der Waals surface area contributed by atoms with E-state index >= 15 is 0 Å². The van der Waals surface area contributed by atoms with Gasteiger partial charge >= 0.3 is 0 Å². The third-order valence-electron chi connectivity index (χ3n) is 4.24. The van der Waals surface area contributed by atoms with E-state index in [1.54, 1.807) is 33.5 Å². The number of piperazine rings is 1. The van der Waals surface area contributed by atoms with Gasteiger partial charge in [0.15, 0.2) is 17.3 Å². The van der Waals surface area contributed by atoms with Crippen LogP contribution >= 0.6 is 0 Å². The Kier molecular flexibility index (Phi) is 6.24. The summed E-state index contributed by atoms with van der Waals surface area (Å²) >= 11 is 0. The van der Waals surface area contributed by atoms with Crippen LogP contribution in [0.25, 0.3) is 0 Å². The zero-order chi connectivity index (χ0) is 16.8. The van der Waals surface area contributed by atoms with Crippen molar-refractivity contribution in [2.75, 3.05) is 61.1 Å². The number of likely N-dealkylation sites (N-methyl/N-ethyl adjacent to an activating group) is 1. The number of Topliss-reactive ketones (excluding diaryl/α,β-unsaturated/α-hetero) is 1. The van der Waals surface area contributed by atoms with Crippen molar-refractivity contribution in [1.82, 2.24) is 9.80 Å². The smallest absolute Gasteiger partial charge is 0.203 e. The van der Waals surface area contributed by atoms with Gasteiger partial charge in [-0.3, -0.25) is 4.79 Å². The molecule has 0 unspecified atom stereocenters. The van der Waals surface area contributed by atoms with E-state index in [1.807, 2.05) is 0 Å². The van der Waals surface area contributed by atoms with Crippen LogP contribution in [0.1, 0.15) is 16.8 Å². The SMILES string of the molecule is COc1cc(C(=O)CCN2CCN(C)CC2)cc(OC)c1OC. The lowest BCUT2D eigenvalue weighted by Gasteiger charge is -2.32. The predicted octanol–water partition coefficient (Wildman–Crippen LogP) is 1.53. The molecule has 0 aliphatic carbocycles. The molecule has 6 heteroatoms. The number of benzene rings is 1. The molecule has 128 valence electrons. The van der Waals surface area contributed by atoms with Gasteiger partial charge in [-0.2, -0.15) is 0 Å². The van der Waals surface area contributed by atoms with Gasteiger partial charge in [-0.1, -0.05) is 0 Å². The van der Waals surface area contributed by atoms with E-state index < -0.39 is 0 Å². The van der Waals surface area contributed by atoms with Crippen molar-refractivity contribution < 1.29 is 19.0 Å². The van der Waals surface area contributed by atoms with Gasteiger partial charge in [-0.15, -0.1) is 0 Å². The number of hydrogen-bond donors (Lipinski definition) is 0. The van der Waals surface area contributed by atoms with Crippen molar-refractivity contribution in [3.05, 3.63) is 17.7 Å². The van der Waals surface area contributed by atoms with Crippen LogP contribution in [0.5, 0.6) is 17.2 Å². The van der Waals surface area contributed by atoms with E-state index in [1.165, 1.54) is 0 Å². The normalized spacial score (nSPS) is 16.2. The molecule has 0 amide bonds. The number of hydrogen-bond acceptors (Lipinski definition) is 6. The van der Waals surface area contributed by atoms with Crippen molar-refractivity contribution in [3.8, 4) is 17.2 Å². The highest BCUT2D eigenvalue weighted by Gasteiger charge is 2.19. The number of carbonyl (C=O) groups excluding carboxylic acids is 1. The van der Waals surface area contributed by atoms with Crippen LogP contribution in [0.3, 0.4) is 0 Å². The first-order valence-electron chi connectivity index (χ1n) is 7.83. The molecule has 1 saturated heterocycles. The van der Waals surface area contributed by atoms with Gasteiger partial charge < -0.3 is 24.0 Å². The zero-order valence-electron chi connectivity index (χ0n) is 14.4. The largest absolute Gasteiger partial charge is 0.493 e. The molecule has 0 aromatic heterocycles. The first kappa shape index (κ1) is 17.6. The highest BCUT2D eigenvalue weighted by molar-refractivity contribution is 5.97. The lowest BCUT2D eigenvalue weighted by molar-refractivity contribution is 0.0941. The topological polar surface area (TPSA) is 51.2 Å². The van der Waals surface area contributed by atoms with Crippen LogP contribution < -0.4 is 14.2 Å². The minimum Gasteiger partial charge on any atom is -0.493 e. The molecule has 23 heavy (non-hydrogen) atoms.